The number of benzene rings is 1. The fourth-order valence-electron chi connectivity index (χ4n) is 3.56. The molecule has 1 aliphatic rings. The molecule has 31 heavy (non-hydrogen) atoms. The number of nitrogens with two attached hydrogens (primary N) is 2. The lowest BCUT2D eigenvalue weighted by Crippen LogP contribution is -2.52. The molecule has 1 heterocycles. The van der Waals surface area contributed by atoms with E-state index in [1.807, 2.05) is 0 Å². The zero-order valence-corrected chi connectivity index (χ0v) is 16.6. The summed E-state index contributed by atoms with van der Waals surface area (Å²) in [6.45, 7) is 3.75. The van der Waals surface area contributed by atoms with Crippen LogP contribution < -0.4 is 16.8 Å². The highest BCUT2D eigenvalue weighted by atomic mass is 19.1. The van der Waals surface area contributed by atoms with Crippen LogP contribution in [-0.2, 0) is 5.41 Å². The van der Waals surface area contributed by atoms with E-state index in [-0.39, 0.29) is 47.7 Å². The number of guanidine groups is 1. The Balaban J connectivity index is 1.79. The molecule has 1 aromatic heterocycles. The maximum Gasteiger partial charge on any atom is 0.248 e. The first-order chi connectivity index (χ1) is 14.8. The Hall–Kier alpha value is -3.62. The van der Waals surface area contributed by atoms with Gasteiger partial charge in [0.05, 0.1) is 5.69 Å². The van der Waals surface area contributed by atoms with Crippen LogP contribution in [0, 0.1) is 11.6 Å². The number of carbonyl (C=O) groups excluding carboxylic acids is 1. The van der Waals surface area contributed by atoms with Gasteiger partial charge in [-0.25, -0.2) is 18.2 Å². The normalized spacial score (nSPS) is 21.3. The number of carbonyl (C=O) groups is 1. The minimum absolute atomic E-state index is 0.0381. The fourth-order valence-corrected chi connectivity index (χ4v) is 3.56. The molecular formula is C22H22F3N5O. The topological polar surface area (TPSA) is 106 Å². The Kier molecular flexibility index (Phi) is 6.43. The molecule has 3 rings (SSSR count). The number of aliphatic imine (C=N–C) groups is 1. The molecule has 0 unspecified atom stereocenters. The Morgan fingerprint density at radius 1 is 1.29 bits per heavy atom. The van der Waals surface area contributed by atoms with Crippen LogP contribution in [0.1, 0.15) is 34.5 Å². The summed E-state index contributed by atoms with van der Waals surface area (Å²) in [6.07, 6.45) is 3.25. The molecule has 0 bridgehead atoms. The number of halogens is 3. The van der Waals surface area contributed by atoms with Crippen molar-refractivity contribution in [3.63, 3.8) is 0 Å². The van der Waals surface area contributed by atoms with Crippen LogP contribution in [0.25, 0.3) is 5.57 Å². The van der Waals surface area contributed by atoms with Crippen molar-refractivity contribution in [2.24, 2.45) is 16.5 Å². The third-order valence-electron chi connectivity index (χ3n) is 5.22. The molecule has 0 saturated heterocycles. The second kappa shape index (κ2) is 9.03. The van der Waals surface area contributed by atoms with E-state index >= 15 is 0 Å². The van der Waals surface area contributed by atoms with Crippen LogP contribution in [0.4, 0.5) is 13.2 Å². The lowest BCUT2D eigenvalue weighted by atomic mass is 9.65. The first-order valence-corrected chi connectivity index (χ1v) is 9.50. The quantitative estimate of drug-likeness (QED) is 0.357. The summed E-state index contributed by atoms with van der Waals surface area (Å²) >= 11 is 0. The van der Waals surface area contributed by atoms with Crippen molar-refractivity contribution in [2.75, 3.05) is 6.54 Å². The highest BCUT2D eigenvalue weighted by Gasteiger charge is 2.48. The lowest BCUT2D eigenvalue weighted by Gasteiger charge is -2.43. The Morgan fingerprint density at radius 3 is 2.65 bits per heavy atom. The predicted molar refractivity (Wildman–Crippen MR) is 113 cm³/mol. The SMILES string of the molecule is C=C/C(=C\N=C(/N)NCC1(c2ncccc2F)CC(F)C1)c1cc(C(N)=O)ccc1F. The van der Waals surface area contributed by atoms with Crippen LogP contribution in [0.5, 0.6) is 0 Å². The molecule has 1 saturated carbocycles. The maximum atomic E-state index is 14.2. The Labute approximate surface area is 177 Å². The second-order valence-electron chi connectivity index (χ2n) is 7.34. The number of alkyl halides is 1. The van der Waals surface area contributed by atoms with E-state index in [4.69, 9.17) is 11.5 Å². The first-order valence-electron chi connectivity index (χ1n) is 9.50. The Bertz CT molecular complexity index is 1060. The summed E-state index contributed by atoms with van der Waals surface area (Å²) < 4.78 is 42.0. The van der Waals surface area contributed by atoms with Crippen molar-refractivity contribution < 1.29 is 18.0 Å². The third-order valence-corrected chi connectivity index (χ3v) is 5.22. The molecule has 1 aliphatic carbocycles. The van der Waals surface area contributed by atoms with E-state index in [0.717, 1.165) is 6.07 Å². The van der Waals surface area contributed by atoms with Crippen molar-refractivity contribution in [1.82, 2.24) is 10.3 Å². The van der Waals surface area contributed by atoms with Gasteiger partial charge in [0.25, 0.3) is 0 Å². The van der Waals surface area contributed by atoms with E-state index in [9.17, 15) is 18.0 Å². The summed E-state index contributed by atoms with van der Waals surface area (Å²) in [7, 11) is 0. The molecule has 0 aliphatic heterocycles. The van der Waals surface area contributed by atoms with Gasteiger partial charge in [-0.15, -0.1) is 0 Å². The number of rotatable bonds is 7. The monoisotopic (exact) mass is 429 g/mol. The van der Waals surface area contributed by atoms with Gasteiger partial charge in [-0.2, -0.15) is 0 Å². The third kappa shape index (κ3) is 4.76. The number of nitrogens with zero attached hydrogens (tertiary/aromatic N) is 2. The van der Waals surface area contributed by atoms with Gasteiger partial charge in [0.2, 0.25) is 5.91 Å². The first kappa shape index (κ1) is 22.1. The van der Waals surface area contributed by atoms with Gasteiger partial charge in [-0.3, -0.25) is 9.78 Å². The van der Waals surface area contributed by atoms with Crippen molar-refractivity contribution in [1.29, 1.82) is 0 Å². The smallest absolute Gasteiger partial charge is 0.248 e. The van der Waals surface area contributed by atoms with E-state index < -0.39 is 29.1 Å². The molecule has 1 aromatic carbocycles. The summed E-state index contributed by atoms with van der Waals surface area (Å²) in [6, 6.07) is 6.43. The number of hydrogen-bond acceptors (Lipinski definition) is 3. The molecule has 6 nitrogen and oxygen atoms in total. The standard InChI is InChI=1S/C22H22F3N5O/c1-2-13(16-8-14(20(26)31)5-6-17(16)24)11-29-21(27)30-12-22(9-15(23)10-22)19-18(25)4-3-7-28-19/h2-8,11,15H,1,9-10,12H2,(H2,26,31)(H3,27,29,30)/b13-11+. The summed E-state index contributed by atoms with van der Waals surface area (Å²) in [4.78, 5) is 19.5. The van der Waals surface area contributed by atoms with E-state index in [1.54, 1.807) is 0 Å². The molecular weight excluding hydrogens is 407 g/mol. The molecule has 9 heteroatoms. The molecule has 0 spiro atoms. The van der Waals surface area contributed by atoms with Crippen molar-refractivity contribution >= 4 is 17.4 Å². The number of nitrogens with one attached hydrogen (secondary N) is 1. The number of aromatic nitrogens is 1. The second-order valence-corrected chi connectivity index (χ2v) is 7.34. The van der Waals surface area contributed by atoms with Crippen LogP contribution in [0.2, 0.25) is 0 Å². The summed E-state index contributed by atoms with van der Waals surface area (Å²) in [5.74, 6) is -1.84. The van der Waals surface area contributed by atoms with Gasteiger partial charge in [-0.1, -0.05) is 12.7 Å². The van der Waals surface area contributed by atoms with E-state index in [0.29, 0.717) is 0 Å². The average Bonchev–Trinajstić information content (AvgIpc) is 2.72. The minimum Gasteiger partial charge on any atom is -0.370 e. The van der Waals surface area contributed by atoms with Gasteiger partial charge >= 0.3 is 0 Å². The van der Waals surface area contributed by atoms with E-state index in [2.05, 4.69) is 21.9 Å². The molecule has 162 valence electrons. The number of hydrogen-bond donors (Lipinski definition) is 3. The molecule has 1 amide bonds. The van der Waals surface area contributed by atoms with Gasteiger partial charge in [-0.05, 0) is 43.2 Å². The number of allylic oxidation sites excluding steroid dienone is 2. The largest absolute Gasteiger partial charge is 0.370 e. The van der Waals surface area contributed by atoms with Crippen LogP contribution in [-0.4, -0.2) is 29.6 Å². The van der Waals surface area contributed by atoms with E-state index in [1.165, 1.54) is 42.7 Å². The van der Waals surface area contributed by atoms with Gasteiger partial charge in [0, 0.05) is 41.1 Å². The van der Waals surface area contributed by atoms with Gasteiger partial charge in [0.1, 0.15) is 17.8 Å². The van der Waals surface area contributed by atoms with Crippen molar-refractivity contribution in [3.8, 4) is 0 Å². The highest BCUT2D eigenvalue weighted by molar-refractivity contribution is 5.94. The Morgan fingerprint density at radius 2 is 2.03 bits per heavy atom. The molecule has 1 fully saturated rings. The summed E-state index contributed by atoms with van der Waals surface area (Å²) in [5.41, 5.74) is 10.9. The molecule has 0 radical (unpaired) electrons. The van der Waals surface area contributed by atoms with Crippen LogP contribution in [0.3, 0.4) is 0 Å². The number of primary amides is 1. The average molecular weight is 429 g/mol. The van der Waals surface area contributed by atoms with Crippen molar-refractivity contribution in [2.45, 2.75) is 24.4 Å². The lowest BCUT2D eigenvalue weighted by molar-refractivity contribution is 0.0895. The van der Waals surface area contributed by atoms with Crippen LogP contribution in [0.15, 0.2) is 60.4 Å². The van der Waals surface area contributed by atoms with Crippen LogP contribution >= 0.6 is 0 Å². The molecule has 2 aromatic rings. The minimum atomic E-state index is -1.05. The zero-order chi connectivity index (χ0) is 22.6. The highest BCUT2D eigenvalue weighted by Crippen LogP contribution is 2.45. The molecule has 0 atom stereocenters. The summed E-state index contributed by atoms with van der Waals surface area (Å²) in [5, 5.41) is 2.85. The number of pyridine rings is 1. The molecule has 5 N–H and O–H groups in total. The predicted octanol–water partition coefficient (Wildman–Crippen LogP) is 2.96. The fraction of sp³-hybridized carbons (Fsp3) is 0.227. The number of amides is 1. The van der Waals surface area contributed by atoms with Gasteiger partial charge in [0.15, 0.2) is 5.96 Å². The zero-order valence-electron chi connectivity index (χ0n) is 16.6. The van der Waals surface area contributed by atoms with Crippen molar-refractivity contribution in [3.05, 3.63) is 83.8 Å². The maximum absolute atomic E-state index is 14.2. The van der Waals surface area contributed by atoms with Gasteiger partial charge < -0.3 is 16.8 Å².